The minimum absolute atomic E-state index is 0.116. The molecule has 1 saturated heterocycles. The molecule has 0 unspecified atom stereocenters. The molecule has 3 rings (SSSR count). The van der Waals surface area contributed by atoms with E-state index in [4.69, 9.17) is 26.8 Å². The Hall–Kier alpha value is -4.95. The number of aromatic nitrogens is 3. The van der Waals surface area contributed by atoms with Gasteiger partial charge in [-0.25, -0.2) is 4.79 Å². The van der Waals surface area contributed by atoms with Crippen LogP contribution in [0.4, 0.5) is 4.79 Å². The van der Waals surface area contributed by atoms with Crippen molar-refractivity contribution >= 4 is 37.3 Å². The number of amides is 1. The van der Waals surface area contributed by atoms with Gasteiger partial charge in [-0.1, -0.05) is 41.5 Å². The minimum Gasteiger partial charge on any atom is -0.481 e. The van der Waals surface area contributed by atoms with Crippen LogP contribution in [0.5, 0.6) is 5.75 Å². The lowest BCUT2D eigenvalue weighted by Crippen LogP contribution is -2.61. The Balaban J connectivity index is 1.57. The van der Waals surface area contributed by atoms with Crippen molar-refractivity contribution in [3.63, 3.8) is 0 Å². The number of allylic oxidation sites excluding steroid dienone is 4. The largest absolute Gasteiger partial charge is 0.481 e. The molecule has 1 amide bonds. The smallest absolute Gasteiger partial charge is 0.335 e. The first-order valence-corrected chi connectivity index (χ1v) is 18.6. The molecule has 1 aromatic carbocycles. The summed E-state index contributed by atoms with van der Waals surface area (Å²) in [4.78, 5) is 61.2. The van der Waals surface area contributed by atoms with Crippen LogP contribution < -0.4 is 10.1 Å². The van der Waals surface area contributed by atoms with Crippen LogP contribution in [0.1, 0.15) is 93.8 Å². The van der Waals surface area contributed by atoms with Gasteiger partial charge in [-0.05, 0) is 70.1 Å². The van der Waals surface area contributed by atoms with Gasteiger partial charge in [-0.3, -0.25) is 23.9 Å². The number of ketones is 1. The predicted octanol–water partition coefficient (Wildman–Crippen LogP) is 2.36. The van der Waals surface area contributed by atoms with Crippen LogP contribution in [0.25, 0.3) is 0 Å². The van der Waals surface area contributed by atoms with Crippen LogP contribution in [-0.4, -0.2) is 121 Å². The zero-order valence-electron chi connectivity index (χ0n) is 32.2. The number of aryl methyl sites for hydroxylation is 1. The summed E-state index contributed by atoms with van der Waals surface area (Å²) in [5.74, 6) is -6.21. The molecule has 18 nitrogen and oxygen atoms in total. The monoisotopic (exact) mass is 798 g/mol. The van der Waals surface area contributed by atoms with E-state index >= 15 is 0 Å². The van der Waals surface area contributed by atoms with E-state index in [1.807, 2.05) is 0 Å². The lowest BCUT2D eigenvalue weighted by molar-refractivity contribution is -0.271. The van der Waals surface area contributed by atoms with Crippen LogP contribution in [-0.2, 0) is 48.4 Å². The lowest BCUT2D eigenvalue weighted by atomic mass is 9.99. The van der Waals surface area contributed by atoms with Gasteiger partial charge in [0, 0.05) is 19.6 Å². The number of hydrogen-bond donors (Lipinski definition) is 6. The molecular weight excluding hydrogens is 747 g/mol. The Morgan fingerprint density at radius 1 is 0.982 bits per heavy atom. The molecule has 57 heavy (non-hydrogen) atoms. The molecule has 0 aliphatic carbocycles. The van der Waals surface area contributed by atoms with Crippen molar-refractivity contribution in [3.05, 3.63) is 64.5 Å². The number of rotatable bonds is 24. The summed E-state index contributed by atoms with van der Waals surface area (Å²) in [6, 6.07) is 2.12. The van der Waals surface area contributed by atoms with Crippen molar-refractivity contribution in [2.75, 3.05) is 6.61 Å². The van der Waals surface area contributed by atoms with Gasteiger partial charge in [0.25, 0.3) is 5.91 Å². The summed E-state index contributed by atoms with van der Waals surface area (Å²) in [5, 5.41) is 60.2. The fourth-order valence-electron chi connectivity index (χ4n) is 5.86. The van der Waals surface area contributed by atoms with Gasteiger partial charge >= 0.3 is 11.9 Å². The van der Waals surface area contributed by atoms with Crippen molar-refractivity contribution in [3.8, 4) is 5.75 Å². The van der Waals surface area contributed by atoms with Crippen molar-refractivity contribution in [2.45, 2.75) is 129 Å². The second-order valence-corrected chi connectivity index (χ2v) is 13.7. The highest BCUT2D eigenvalue weighted by Crippen LogP contribution is 2.28. The summed E-state index contributed by atoms with van der Waals surface area (Å²) in [7, 11) is 5.04. The SMILES string of the molecule is [B]C(=O)OCc1ccc(O[C@@H]2O[C@H](C(=O)O)[C@@H](O)[C@H](O)[C@H]2O)c(C(=O)N[C@@H](CC(=O)O)C(=O)CCCOCc2cn(CCC/C(C)=C/CC/C(C)=C/CC)nn2)c1. The van der Waals surface area contributed by atoms with Gasteiger partial charge < -0.3 is 49.8 Å². The van der Waals surface area contributed by atoms with Gasteiger partial charge in [0.2, 0.25) is 20.0 Å². The number of ether oxygens (including phenoxy) is 4. The van der Waals surface area contributed by atoms with E-state index in [2.05, 4.69) is 48.6 Å². The number of benzene rings is 1. The molecule has 0 spiro atoms. The third kappa shape index (κ3) is 15.5. The molecule has 6 N–H and O–H groups in total. The standard InChI is InChI=1S/C38H51BN4O14/c1-4-8-22(2)9-5-10-23(3)11-6-15-43-19-25(41-42-43)21-54-16-7-12-28(44)27(18-30(45)46)40-35(50)26-17-24(20-55-38(39)53)13-14-29(26)56-37-33(49)31(47)32(48)34(57-37)36(51)52/h8,10,13-14,17,19,27,31-34,37,47-49H,4-7,9,11-12,15-16,18,20-21H2,1-3H3,(H,40,50)(H,45,46)(H,51,52)/b22-8+,23-10+/t27-,31-,32-,33+,34-,37+/m0/s1. The number of carbonyl (C=O) groups excluding carboxylic acids is 3. The number of aliphatic hydroxyl groups is 3. The predicted molar refractivity (Wildman–Crippen MR) is 201 cm³/mol. The maximum atomic E-state index is 13.6. The molecule has 1 aliphatic rings. The van der Waals surface area contributed by atoms with Gasteiger partial charge in [0.1, 0.15) is 36.4 Å². The molecule has 1 fully saturated rings. The highest BCUT2D eigenvalue weighted by Gasteiger charge is 2.48. The fourth-order valence-corrected chi connectivity index (χ4v) is 5.86. The molecule has 2 aromatic rings. The molecular formula is C38H51BN4O14. The molecule has 2 heterocycles. The number of aliphatic carboxylic acids is 2. The van der Waals surface area contributed by atoms with Gasteiger partial charge in [-0.15, -0.1) is 5.10 Å². The van der Waals surface area contributed by atoms with Crippen molar-refractivity contribution in [1.82, 2.24) is 20.3 Å². The Bertz CT molecular complexity index is 1750. The van der Waals surface area contributed by atoms with Crippen LogP contribution in [0, 0.1) is 0 Å². The maximum absolute atomic E-state index is 13.6. The highest BCUT2D eigenvalue weighted by molar-refractivity contribution is 6.55. The molecule has 6 atom stereocenters. The molecule has 310 valence electrons. The fraction of sp³-hybridized carbons (Fsp3) is 0.553. The van der Waals surface area contributed by atoms with E-state index in [0.717, 1.165) is 44.2 Å². The highest BCUT2D eigenvalue weighted by atomic mass is 16.7. The van der Waals surface area contributed by atoms with Crippen molar-refractivity contribution in [1.29, 1.82) is 0 Å². The molecule has 2 radical (unpaired) electrons. The maximum Gasteiger partial charge on any atom is 0.335 e. The number of hydrogen-bond acceptors (Lipinski definition) is 14. The molecule has 1 aliphatic heterocycles. The third-order valence-corrected chi connectivity index (χ3v) is 8.89. The van der Waals surface area contributed by atoms with E-state index in [9.17, 15) is 49.5 Å². The van der Waals surface area contributed by atoms with Crippen LogP contribution in [0.15, 0.2) is 47.7 Å². The van der Waals surface area contributed by atoms with E-state index < -0.39 is 79.3 Å². The average Bonchev–Trinajstić information content (AvgIpc) is 3.61. The van der Waals surface area contributed by atoms with E-state index in [0.29, 0.717) is 12.2 Å². The normalized spacial score (nSPS) is 20.4. The van der Waals surface area contributed by atoms with Gasteiger partial charge in [-0.2, -0.15) is 0 Å². The second-order valence-electron chi connectivity index (χ2n) is 13.7. The van der Waals surface area contributed by atoms with Crippen molar-refractivity contribution in [2.24, 2.45) is 0 Å². The summed E-state index contributed by atoms with van der Waals surface area (Å²) < 4.78 is 22.9. The first-order chi connectivity index (χ1) is 27.1. The number of nitrogens with zero attached hydrogens (tertiary/aromatic N) is 3. The number of aliphatic hydroxyl groups excluding tert-OH is 3. The average molecular weight is 799 g/mol. The number of carboxylic acids is 2. The minimum atomic E-state index is -2.01. The first kappa shape index (κ1) is 46.4. The summed E-state index contributed by atoms with van der Waals surface area (Å²) >= 11 is 0. The Morgan fingerprint density at radius 2 is 1.72 bits per heavy atom. The van der Waals surface area contributed by atoms with Crippen LogP contribution in [0.2, 0.25) is 0 Å². The van der Waals surface area contributed by atoms with E-state index in [1.54, 1.807) is 10.9 Å². The van der Waals surface area contributed by atoms with E-state index in [-0.39, 0.29) is 42.9 Å². The Kier molecular flexibility index (Phi) is 19.0. The van der Waals surface area contributed by atoms with Gasteiger partial charge in [0.05, 0.1) is 30.8 Å². The zero-order valence-corrected chi connectivity index (χ0v) is 32.2. The first-order valence-electron chi connectivity index (χ1n) is 18.6. The van der Waals surface area contributed by atoms with Gasteiger partial charge in [0.15, 0.2) is 11.9 Å². The van der Waals surface area contributed by atoms with Crippen LogP contribution >= 0.6 is 0 Å². The summed E-state index contributed by atoms with van der Waals surface area (Å²) in [5.41, 5.74) is 3.14. The van der Waals surface area contributed by atoms with E-state index in [1.165, 1.54) is 17.2 Å². The number of carboxylic acid groups (broad SMARTS) is 2. The lowest BCUT2D eigenvalue weighted by Gasteiger charge is -2.38. The number of nitrogens with one attached hydrogen (secondary N) is 1. The number of Topliss-reactive ketones (excluding diaryl/α,β-unsaturated/α-hetero) is 1. The second kappa shape index (κ2) is 23.3. The molecule has 0 saturated carbocycles. The summed E-state index contributed by atoms with van der Waals surface area (Å²) in [6.07, 6.45) is 0.573. The summed E-state index contributed by atoms with van der Waals surface area (Å²) in [6.45, 7) is 6.93. The van der Waals surface area contributed by atoms with Crippen LogP contribution in [0.3, 0.4) is 0 Å². The third-order valence-electron chi connectivity index (χ3n) is 8.89. The molecule has 0 bridgehead atoms. The Morgan fingerprint density at radius 3 is 2.40 bits per heavy atom. The molecule has 1 aromatic heterocycles. The molecule has 19 heteroatoms. The quantitative estimate of drug-likeness (QED) is 0.0506. The topological polar surface area (TPSA) is 266 Å². The zero-order chi connectivity index (χ0) is 42.1. The Labute approximate surface area is 331 Å². The van der Waals surface area contributed by atoms with Crippen molar-refractivity contribution < 1.29 is 68.5 Å². The number of carbonyl (C=O) groups is 5.